The van der Waals surface area contributed by atoms with Gasteiger partial charge in [0.05, 0.1) is 19.0 Å². The van der Waals surface area contributed by atoms with Crippen molar-refractivity contribution < 1.29 is 4.74 Å². The first-order valence-electron chi connectivity index (χ1n) is 5.86. The van der Waals surface area contributed by atoms with Crippen molar-refractivity contribution in [2.24, 2.45) is 0 Å². The number of hydrogen-bond donors (Lipinski definition) is 2. The maximum Gasteiger partial charge on any atom is 0.226 e. The zero-order chi connectivity index (χ0) is 13.0. The summed E-state index contributed by atoms with van der Waals surface area (Å²) in [5, 5.41) is 3.50. The predicted octanol–water partition coefficient (Wildman–Crippen LogP) is 2.23. The standard InChI is InChI=1S/C11H16ClN5O/c1-3-4-7(5-18-2)15-10-8-9(14-6-13-8)16-11(12)17-10/h6-7H,3-5H2,1-2H3,(H2,13,14,15,16,17). The molecule has 2 aromatic rings. The normalized spacial score (nSPS) is 12.8. The molecule has 0 amide bonds. The van der Waals surface area contributed by atoms with Gasteiger partial charge in [0.25, 0.3) is 0 Å². The van der Waals surface area contributed by atoms with E-state index >= 15 is 0 Å². The maximum atomic E-state index is 5.87. The third kappa shape index (κ3) is 2.88. The van der Waals surface area contributed by atoms with Crippen LogP contribution in [0.5, 0.6) is 0 Å². The van der Waals surface area contributed by atoms with Gasteiger partial charge in [-0.15, -0.1) is 0 Å². The van der Waals surface area contributed by atoms with E-state index in [0.717, 1.165) is 18.4 Å². The minimum Gasteiger partial charge on any atom is -0.383 e. The molecule has 7 heteroatoms. The molecule has 98 valence electrons. The molecule has 2 rings (SSSR count). The summed E-state index contributed by atoms with van der Waals surface area (Å²) in [6.45, 7) is 2.74. The van der Waals surface area contributed by atoms with E-state index in [1.54, 1.807) is 13.4 Å². The first kappa shape index (κ1) is 13.0. The number of halogens is 1. The van der Waals surface area contributed by atoms with E-state index in [9.17, 15) is 0 Å². The van der Waals surface area contributed by atoms with Gasteiger partial charge >= 0.3 is 0 Å². The monoisotopic (exact) mass is 269 g/mol. The molecular weight excluding hydrogens is 254 g/mol. The molecule has 0 saturated carbocycles. The van der Waals surface area contributed by atoms with E-state index in [-0.39, 0.29) is 11.3 Å². The molecular formula is C11H16ClN5O. The predicted molar refractivity (Wildman–Crippen MR) is 70.9 cm³/mol. The van der Waals surface area contributed by atoms with Crippen molar-refractivity contribution in [1.82, 2.24) is 19.9 Å². The van der Waals surface area contributed by atoms with Gasteiger partial charge in [-0.2, -0.15) is 9.97 Å². The van der Waals surface area contributed by atoms with Crippen LogP contribution < -0.4 is 5.32 Å². The van der Waals surface area contributed by atoms with Gasteiger partial charge in [-0.3, -0.25) is 0 Å². The Morgan fingerprint density at radius 3 is 3.06 bits per heavy atom. The molecule has 2 heterocycles. The summed E-state index contributed by atoms with van der Waals surface area (Å²) >= 11 is 5.87. The number of aromatic amines is 1. The Kier molecular flexibility index (Phi) is 4.33. The molecule has 0 fully saturated rings. The number of H-pyrrole nitrogens is 1. The fourth-order valence-electron chi connectivity index (χ4n) is 1.85. The summed E-state index contributed by atoms with van der Waals surface area (Å²) in [4.78, 5) is 15.3. The van der Waals surface area contributed by atoms with Crippen molar-refractivity contribution in [3.05, 3.63) is 11.6 Å². The lowest BCUT2D eigenvalue weighted by Crippen LogP contribution is -2.25. The van der Waals surface area contributed by atoms with Crippen LogP contribution in [-0.4, -0.2) is 39.7 Å². The van der Waals surface area contributed by atoms with Crippen molar-refractivity contribution in [3.63, 3.8) is 0 Å². The number of ether oxygens (including phenoxy) is 1. The fraction of sp³-hybridized carbons (Fsp3) is 0.545. The van der Waals surface area contributed by atoms with E-state index in [2.05, 4.69) is 32.2 Å². The number of anilines is 1. The van der Waals surface area contributed by atoms with E-state index in [4.69, 9.17) is 16.3 Å². The zero-order valence-corrected chi connectivity index (χ0v) is 11.2. The van der Waals surface area contributed by atoms with Gasteiger partial charge in [0, 0.05) is 7.11 Å². The molecule has 6 nitrogen and oxygen atoms in total. The van der Waals surface area contributed by atoms with Crippen LogP contribution >= 0.6 is 11.6 Å². The van der Waals surface area contributed by atoms with Gasteiger partial charge in [0.2, 0.25) is 5.28 Å². The van der Waals surface area contributed by atoms with Crippen LogP contribution in [-0.2, 0) is 4.74 Å². The quantitative estimate of drug-likeness (QED) is 0.787. The third-order valence-electron chi connectivity index (χ3n) is 2.60. The van der Waals surface area contributed by atoms with Crippen LogP contribution in [0.1, 0.15) is 19.8 Å². The molecule has 0 aromatic carbocycles. The van der Waals surface area contributed by atoms with Gasteiger partial charge < -0.3 is 15.0 Å². The number of nitrogens with zero attached hydrogens (tertiary/aromatic N) is 3. The number of nitrogens with one attached hydrogen (secondary N) is 2. The van der Waals surface area contributed by atoms with Crippen LogP contribution in [0.4, 0.5) is 5.82 Å². The molecule has 18 heavy (non-hydrogen) atoms. The van der Waals surface area contributed by atoms with Crippen LogP contribution in [0.3, 0.4) is 0 Å². The number of imidazole rings is 1. The molecule has 2 aromatic heterocycles. The second-order valence-corrected chi connectivity index (χ2v) is 4.37. The minimum absolute atomic E-state index is 0.185. The Balaban J connectivity index is 2.26. The molecule has 0 aliphatic heterocycles. The van der Waals surface area contributed by atoms with E-state index in [1.807, 2.05) is 0 Å². The van der Waals surface area contributed by atoms with Crippen molar-refractivity contribution >= 4 is 28.6 Å². The molecule has 0 aliphatic rings. The van der Waals surface area contributed by atoms with Crippen molar-refractivity contribution in [2.45, 2.75) is 25.8 Å². The molecule has 0 spiro atoms. The molecule has 2 N–H and O–H groups in total. The van der Waals surface area contributed by atoms with E-state index in [1.165, 1.54) is 0 Å². The topological polar surface area (TPSA) is 75.7 Å². The summed E-state index contributed by atoms with van der Waals surface area (Å²) in [6.07, 6.45) is 3.63. The number of methoxy groups -OCH3 is 1. The van der Waals surface area contributed by atoms with Gasteiger partial charge in [-0.25, -0.2) is 4.98 Å². The maximum absolute atomic E-state index is 5.87. The van der Waals surface area contributed by atoms with Crippen molar-refractivity contribution in [2.75, 3.05) is 19.0 Å². The van der Waals surface area contributed by atoms with Crippen molar-refractivity contribution in [3.8, 4) is 0 Å². The highest BCUT2D eigenvalue weighted by atomic mass is 35.5. The number of rotatable bonds is 6. The Bertz CT molecular complexity index is 509. The lowest BCUT2D eigenvalue weighted by atomic mass is 10.2. The first-order valence-corrected chi connectivity index (χ1v) is 6.24. The fourth-order valence-corrected chi connectivity index (χ4v) is 2.02. The minimum atomic E-state index is 0.185. The van der Waals surface area contributed by atoms with Crippen LogP contribution in [0.25, 0.3) is 11.2 Å². The SMILES string of the molecule is CCCC(COC)Nc1nc(Cl)nc2nc[nH]c12. The molecule has 0 radical (unpaired) electrons. The molecule has 0 aliphatic carbocycles. The largest absolute Gasteiger partial charge is 0.383 e. The van der Waals surface area contributed by atoms with Gasteiger partial charge in [-0.05, 0) is 18.0 Å². The smallest absolute Gasteiger partial charge is 0.226 e. The van der Waals surface area contributed by atoms with Crippen LogP contribution in [0.15, 0.2) is 6.33 Å². The lowest BCUT2D eigenvalue weighted by molar-refractivity contribution is 0.182. The number of hydrogen-bond acceptors (Lipinski definition) is 5. The highest BCUT2D eigenvalue weighted by molar-refractivity contribution is 6.28. The summed E-state index contributed by atoms with van der Waals surface area (Å²) in [7, 11) is 1.68. The summed E-state index contributed by atoms with van der Waals surface area (Å²) in [5.41, 5.74) is 1.32. The zero-order valence-electron chi connectivity index (χ0n) is 10.4. The Labute approximate surface area is 110 Å². The summed E-state index contributed by atoms with van der Waals surface area (Å²) < 4.78 is 5.19. The highest BCUT2D eigenvalue weighted by Crippen LogP contribution is 2.20. The summed E-state index contributed by atoms with van der Waals surface area (Å²) in [6, 6.07) is 0.192. The first-order chi connectivity index (χ1) is 8.74. The van der Waals surface area contributed by atoms with Crippen LogP contribution in [0, 0.1) is 0 Å². The second kappa shape index (κ2) is 5.97. The Hall–Kier alpha value is -1.40. The molecule has 0 saturated heterocycles. The third-order valence-corrected chi connectivity index (χ3v) is 2.77. The highest BCUT2D eigenvalue weighted by Gasteiger charge is 2.13. The van der Waals surface area contributed by atoms with Gasteiger partial charge in [-0.1, -0.05) is 13.3 Å². The Morgan fingerprint density at radius 2 is 2.33 bits per heavy atom. The molecule has 0 bridgehead atoms. The summed E-state index contributed by atoms with van der Waals surface area (Å²) in [5.74, 6) is 0.665. The van der Waals surface area contributed by atoms with E-state index < -0.39 is 0 Å². The van der Waals surface area contributed by atoms with Crippen LogP contribution in [0.2, 0.25) is 5.28 Å². The van der Waals surface area contributed by atoms with Gasteiger partial charge in [0.1, 0.15) is 5.52 Å². The second-order valence-electron chi connectivity index (χ2n) is 4.03. The van der Waals surface area contributed by atoms with E-state index in [0.29, 0.717) is 18.1 Å². The molecule has 1 atom stereocenters. The van der Waals surface area contributed by atoms with Crippen molar-refractivity contribution in [1.29, 1.82) is 0 Å². The number of aromatic nitrogens is 4. The average Bonchev–Trinajstić information content (AvgIpc) is 2.77. The average molecular weight is 270 g/mol. The molecule has 1 unspecified atom stereocenters. The van der Waals surface area contributed by atoms with Gasteiger partial charge in [0.15, 0.2) is 11.5 Å². The number of fused-ring (bicyclic) bond motifs is 1. The lowest BCUT2D eigenvalue weighted by Gasteiger charge is -2.17. The Morgan fingerprint density at radius 1 is 1.50 bits per heavy atom.